The van der Waals surface area contributed by atoms with Crippen molar-refractivity contribution in [2.24, 2.45) is 0 Å². The summed E-state index contributed by atoms with van der Waals surface area (Å²) in [4.78, 5) is 14.7. The maximum atomic E-state index is 12.6. The van der Waals surface area contributed by atoms with E-state index < -0.39 is 0 Å². The molecule has 124 valence electrons. The fourth-order valence-corrected chi connectivity index (χ4v) is 3.18. The van der Waals surface area contributed by atoms with E-state index in [0.717, 1.165) is 49.8 Å². The molecule has 0 saturated carbocycles. The quantitative estimate of drug-likeness (QED) is 0.802. The van der Waals surface area contributed by atoms with Crippen LogP contribution in [0.1, 0.15) is 38.2 Å². The molecule has 5 heteroatoms. The summed E-state index contributed by atoms with van der Waals surface area (Å²) in [5, 5.41) is 3.37. The number of piperidine rings is 1. The molecule has 1 aromatic rings. The number of amides is 1. The van der Waals surface area contributed by atoms with Gasteiger partial charge in [-0.25, -0.2) is 0 Å². The predicted octanol–water partition coefficient (Wildman–Crippen LogP) is 3.79. The van der Waals surface area contributed by atoms with Crippen LogP contribution in [0.25, 0.3) is 0 Å². The van der Waals surface area contributed by atoms with Gasteiger partial charge in [-0.3, -0.25) is 4.79 Å². The average Bonchev–Trinajstić information content (AvgIpc) is 2.52. The second-order valence-corrected chi connectivity index (χ2v) is 6.61. The van der Waals surface area contributed by atoms with Crippen LogP contribution in [0, 0.1) is 0 Å². The Hall–Kier alpha value is -0.580. The summed E-state index contributed by atoms with van der Waals surface area (Å²) in [5.74, 6) is 0.312. The number of hydrogen-bond donors (Lipinski definition) is 1. The van der Waals surface area contributed by atoms with Crippen LogP contribution in [0.2, 0.25) is 0 Å². The fraction of sp³-hybridized carbons (Fsp3) is 0.588. The number of benzene rings is 1. The van der Waals surface area contributed by atoms with Crippen molar-refractivity contribution in [3.8, 4) is 0 Å². The largest absolute Gasteiger partial charge is 0.340 e. The van der Waals surface area contributed by atoms with Crippen LogP contribution in [-0.2, 0) is 11.2 Å². The van der Waals surface area contributed by atoms with E-state index >= 15 is 0 Å². The van der Waals surface area contributed by atoms with Gasteiger partial charge in [0.15, 0.2) is 0 Å². The molecule has 1 aliphatic rings. The molecule has 0 spiro atoms. The Balaban J connectivity index is 0.00000242. The van der Waals surface area contributed by atoms with Gasteiger partial charge in [-0.1, -0.05) is 35.0 Å². The Morgan fingerprint density at radius 3 is 2.50 bits per heavy atom. The summed E-state index contributed by atoms with van der Waals surface area (Å²) in [5.41, 5.74) is 1.23. The number of hydrogen-bond acceptors (Lipinski definition) is 2. The lowest BCUT2D eigenvalue weighted by atomic mass is 10.0. The Morgan fingerprint density at radius 2 is 1.91 bits per heavy atom. The molecular formula is C17H26BrClN2O. The number of nitrogens with zero attached hydrogens (tertiary/aromatic N) is 1. The molecule has 0 atom stereocenters. The van der Waals surface area contributed by atoms with E-state index in [-0.39, 0.29) is 12.4 Å². The predicted molar refractivity (Wildman–Crippen MR) is 97.6 cm³/mol. The van der Waals surface area contributed by atoms with Crippen LogP contribution in [0.4, 0.5) is 0 Å². The third-order valence-corrected chi connectivity index (χ3v) is 4.60. The van der Waals surface area contributed by atoms with Gasteiger partial charge in [0.25, 0.3) is 0 Å². The lowest BCUT2D eigenvalue weighted by Crippen LogP contribution is -2.46. The second kappa shape index (κ2) is 10.2. The standard InChI is InChI=1S/C17H25BrN2O.ClH/c1-2-13-20(16-9-11-19-12-10-16)17(21)8-5-14-3-6-15(18)7-4-14;/h3-4,6-7,16,19H,2,5,8-13H2,1H3;1H. The van der Waals surface area contributed by atoms with Crippen molar-refractivity contribution in [2.75, 3.05) is 19.6 Å². The van der Waals surface area contributed by atoms with Crippen LogP contribution in [-0.4, -0.2) is 36.5 Å². The Kier molecular flexibility index (Phi) is 9.06. The van der Waals surface area contributed by atoms with Crippen LogP contribution >= 0.6 is 28.3 Å². The lowest BCUT2D eigenvalue weighted by molar-refractivity contribution is -0.134. The molecule has 2 rings (SSSR count). The molecule has 3 nitrogen and oxygen atoms in total. The van der Waals surface area contributed by atoms with Crippen molar-refractivity contribution in [3.05, 3.63) is 34.3 Å². The van der Waals surface area contributed by atoms with Crippen LogP contribution < -0.4 is 5.32 Å². The minimum Gasteiger partial charge on any atom is -0.340 e. The normalized spacial score (nSPS) is 15.2. The monoisotopic (exact) mass is 388 g/mol. The number of carbonyl (C=O) groups is 1. The SMILES string of the molecule is CCCN(C(=O)CCc1ccc(Br)cc1)C1CCNCC1.Cl. The number of carbonyl (C=O) groups excluding carboxylic acids is 1. The topological polar surface area (TPSA) is 32.3 Å². The molecule has 1 N–H and O–H groups in total. The van der Waals surface area contributed by atoms with Gasteiger partial charge in [0.1, 0.15) is 0 Å². The smallest absolute Gasteiger partial charge is 0.223 e. The highest BCUT2D eigenvalue weighted by molar-refractivity contribution is 9.10. The number of aryl methyl sites for hydroxylation is 1. The van der Waals surface area contributed by atoms with Crippen LogP contribution in [0.3, 0.4) is 0 Å². The first kappa shape index (κ1) is 19.5. The van der Waals surface area contributed by atoms with Gasteiger partial charge in [-0.2, -0.15) is 0 Å². The summed E-state index contributed by atoms with van der Waals surface area (Å²) in [6, 6.07) is 8.69. The molecule has 0 bridgehead atoms. The molecule has 1 aromatic carbocycles. The summed E-state index contributed by atoms with van der Waals surface area (Å²) < 4.78 is 1.08. The zero-order valence-electron chi connectivity index (χ0n) is 13.2. The zero-order chi connectivity index (χ0) is 15.1. The number of nitrogens with one attached hydrogen (secondary N) is 1. The molecule has 0 radical (unpaired) electrons. The fourth-order valence-electron chi connectivity index (χ4n) is 2.92. The Morgan fingerprint density at radius 1 is 1.27 bits per heavy atom. The molecule has 22 heavy (non-hydrogen) atoms. The maximum absolute atomic E-state index is 12.6. The lowest BCUT2D eigenvalue weighted by Gasteiger charge is -2.34. The van der Waals surface area contributed by atoms with E-state index in [2.05, 4.69) is 45.2 Å². The van der Waals surface area contributed by atoms with Gasteiger partial charge in [0.05, 0.1) is 0 Å². The van der Waals surface area contributed by atoms with Crippen LogP contribution in [0.5, 0.6) is 0 Å². The third-order valence-electron chi connectivity index (χ3n) is 4.08. The third kappa shape index (κ3) is 5.90. The van der Waals surface area contributed by atoms with Crippen molar-refractivity contribution in [3.63, 3.8) is 0 Å². The minimum absolute atomic E-state index is 0. The van der Waals surface area contributed by atoms with E-state index in [1.807, 2.05) is 12.1 Å². The van der Waals surface area contributed by atoms with E-state index in [1.165, 1.54) is 5.56 Å². The van der Waals surface area contributed by atoms with Gasteiger partial charge in [-0.05, 0) is 56.5 Å². The molecule has 0 aliphatic carbocycles. The van der Waals surface area contributed by atoms with Gasteiger partial charge >= 0.3 is 0 Å². The molecule has 1 aliphatic heterocycles. The van der Waals surface area contributed by atoms with Crippen molar-refractivity contribution >= 4 is 34.2 Å². The van der Waals surface area contributed by atoms with E-state index in [4.69, 9.17) is 0 Å². The first-order chi connectivity index (χ1) is 10.2. The molecule has 0 unspecified atom stereocenters. The molecule has 0 aromatic heterocycles. The minimum atomic E-state index is 0. The first-order valence-corrected chi connectivity index (χ1v) is 8.74. The van der Waals surface area contributed by atoms with E-state index in [0.29, 0.717) is 18.4 Å². The Labute approximate surface area is 148 Å². The molecule has 1 saturated heterocycles. The first-order valence-electron chi connectivity index (χ1n) is 7.95. The van der Waals surface area contributed by atoms with Crippen LogP contribution in [0.15, 0.2) is 28.7 Å². The van der Waals surface area contributed by atoms with Crippen molar-refractivity contribution < 1.29 is 4.79 Å². The van der Waals surface area contributed by atoms with Crippen molar-refractivity contribution in [1.82, 2.24) is 10.2 Å². The highest BCUT2D eigenvalue weighted by atomic mass is 79.9. The summed E-state index contributed by atoms with van der Waals surface area (Å²) >= 11 is 3.44. The van der Waals surface area contributed by atoms with Gasteiger partial charge in [-0.15, -0.1) is 12.4 Å². The van der Waals surface area contributed by atoms with E-state index in [1.54, 1.807) is 0 Å². The number of halogens is 2. The highest BCUT2D eigenvalue weighted by Crippen LogP contribution is 2.16. The molecule has 1 amide bonds. The van der Waals surface area contributed by atoms with E-state index in [9.17, 15) is 4.79 Å². The van der Waals surface area contributed by atoms with Gasteiger partial charge in [0, 0.05) is 23.5 Å². The molecule has 1 fully saturated rings. The molecular weight excluding hydrogens is 364 g/mol. The summed E-state index contributed by atoms with van der Waals surface area (Å²) in [6.07, 6.45) is 4.66. The van der Waals surface area contributed by atoms with Gasteiger partial charge in [0.2, 0.25) is 5.91 Å². The Bertz CT molecular complexity index is 446. The highest BCUT2D eigenvalue weighted by Gasteiger charge is 2.24. The zero-order valence-corrected chi connectivity index (χ0v) is 15.6. The summed E-state index contributed by atoms with van der Waals surface area (Å²) in [6.45, 7) is 5.11. The maximum Gasteiger partial charge on any atom is 0.223 e. The van der Waals surface area contributed by atoms with Gasteiger partial charge < -0.3 is 10.2 Å². The average molecular weight is 390 g/mol. The van der Waals surface area contributed by atoms with Crippen molar-refractivity contribution in [2.45, 2.75) is 45.1 Å². The van der Waals surface area contributed by atoms with Crippen molar-refractivity contribution in [1.29, 1.82) is 0 Å². The number of rotatable bonds is 6. The molecule has 1 heterocycles. The summed E-state index contributed by atoms with van der Waals surface area (Å²) in [7, 11) is 0. The second-order valence-electron chi connectivity index (χ2n) is 5.69.